The minimum absolute atomic E-state index is 0.272. The molecule has 0 atom stereocenters. The number of aromatic nitrogens is 4. The van der Waals surface area contributed by atoms with Crippen molar-refractivity contribution >= 4 is 28.6 Å². The average Bonchev–Trinajstić information content (AvgIpc) is 3.40. The van der Waals surface area contributed by atoms with Gasteiger partial charge in [-0.05, 0) is 86.0 Å². The van der Waals surface area contributed by atoms with Crippen LogP contribution in [0.1, 0.15) is 34.1 Å². The van der Waals surface area contributed by atoms with Gasteiger partial charge in [0.1, 0.15) is 17.1 Å². The maximum absolute atomic E-state index is 11.9. The summed E-state index contributed by atoms with van der Waals surface area (Å²) in [6.07, 6.45) is 3.45. The van der Waals surface area contributed by atoms with Crippen LogP contribution in [0.25, 0.3) is 22.2 Å². The Hall–Kier alpha value is -5.23. The number of ether oxygens (including phenoxy) is 2. The maximum Gasteiger partial charge on any atom is 0.356 e. The fourth-order valence-corrected chi connectivity index (χ4v) is 4.07. The molecule has 3 heterocycles. The van der Waals surface area contributed by atoms with Crippen molar-refractivity contribution in [1.82, 2.24) is 19.9 Å². The van der Waals surface area contributed by atoms with E-state index >= 15 is 0 Å². The number of pyridine rings is 1. The van der Waals surface area contributed by atoms with E-state index in [2.05, 4.69) is 31.3 Å². The lowest BCUT2D eigenvalue weighted by molar-refractivity contribution is 0.0519. The van der Waals surface area contributed by atoms with Crippen molar-refractivity contribution in [3.05, 3.63) is 89.4 Å². The number of nitriles is 1. The number of hydrogen-bond donors (Lipinski definition) is 2. The molecule has 0 radical (unpaired) electrons. The van der Waals surface area contributed by atoms with Gasteiger partial charge in [0.2, 0.25) is 11.8 Å². The molecular formula is C29H24N6O3. The SMILES string of the molecule is CCOC(=O)c1ccc(-c2cc(C)c(Oc3nc(Nc4ccc(C#N)cc4)nc4[nH]ccc34)c(C)c2)cn1. The summed E-state index contributed by atoms with van der Waals surface area (Å²) in [7, 11) is 0. The lowest BCUT2D eigenvalue weighted by atomic mass is 10.0. The second-order valence-electron chi connectivity index (χ2n) is 8.60. The third-order valence-corrected chi connectivity index (χ3v) is 5.89. The molecule has 2 N–H and O–H groups in total. The highest BCUT2D eigenvalue weighted by Gasteiger charge is 2.16. The molecule has 38 heavy (non-hydrogen) atoms. The first-order valence-electron chi connectivity index (χ1n) is 12.0. The van der Waals surface area contributed by atoms with Crippen LogP contribution in [0, 0.1) is 25.2 Å². The highest BCUT2D eigenvalue weighted by atomic mass is 16.5. The van der Waals surface area contributed by atoms with E-state index < -0.39 is 5.97 Å². The Balaban J connectivity index is 1.43. The molecular weight excluding hydrogens is 480 g/mol. The van der Waals surface area contributed by atoms with Crippen LogP contribution in [-0.4, -0.2) is 32.5 Å². The lowest BCUT2D eigenvalue weighted by Gasteiger charge is -2.15. The molecule has 9 nitrogen and oxygen atoms in total. The molecule has 0 aliphatic rings. The molecule has 0 aliphatic carbocycles. The zero-order chi connectivity index (χ0) is 26.6. The molecule has 0 aliphatic heterocycles. The number of fused-ring (bicyclic) bond motifs is 1. The molecule has 0 fully saturated rings. The summed E-state index contributed by atoms with van der Waals surface area (Å²) < 4.78 is 11.4. The number of carbonyl (C=O) groups excluding carboxylic acids is 1. The lowest BCUT2D eigenvalue weighted by Crippen LogP contribution is -2.06. The summed E-state index contributed by atoms with van der Waals surface area (Å²) in [5, 5.41) is 12.9. The van der Waals surface area contributed by atoms with Gasteiger partial charge in [-0.15, -0.1) is 0 Å². The monoisotopic (exact) mass is 504 g/mol. The van der Waals surface area contributed by atoms with Crippen molar-refractivity contribution in [1.29, 1.82) is 5.26 Å². The highest BCUT2D eigenvalue weighted by molar-refractivity contribution is 5.87. The number of hydrogen-bond acceptors (Lipinski definition) is 8. The van der Waals surface area contributed by atoms with Crippen LogP contribution in [0.4, 0.5) is 11.6 Å². The Morgan fingerprint density at radius 2 is 1.79 bits per heavy atom. The van der Waals surface area contributed by atoms with Gasteiger partial charge in [0.15, 0.2) is 0 Å². The van der Waals surface area contributed by atoms with Crippen molar-refractivity contribution in [3.63, 3.8) is 0 Å². The highest BCUT2D eigenvalue weighted by Crippen LogP contribution is 2.35. The van der Waals surface area contributed by atoms with Crippen molar-refractivity contribution in [2.45, 2.75) is 20.8 Å². The van der Waals surface area contributed by atoms with Gasteiger partial charge < -0.3 is 19.8 Å². The van der Waals surface area contributed by atoms with Crippen LogP contribution in [0.5, 0.6) is 11.6 Å². The maximum atomic E-state index is 11.9. The molecule has 5 aromatic rings. The second kappa shape index (κ2) is 10.4. The van der Waals surface area contributed by atoms with Crippen molar-refractivity contribution < 1.29 is 14.3 Å². The number of nitrogens with one attached hydrogen (secondary N) is 2. The predicted octanol–water partition coefficient (Wildman–Crippen LogP) is 6.22. The first-order valence-corrected chi connectivity index (χ1v) is 12.0. The Kier molecular flexibility index (Phi) is 6.70. The normalized spacial score (nSPS) is 10.7. The topological polar surface area (TPSA) is 126 Å². The standard InChI is InChI=1S/C29H24N6O3/c1-4-37-28(36)24-10-7-20(16-32-24)21-13-17(2)25(18(3)14-21)38-27-23-11-12-31-26(23)34-29(35-27)33-22-8-5-19(15-30)6-9-22/h5-14,16H,4H2,1-3H3,(H2,31,33,34,35). The van der Waals surface area contributed by atoms with E-state index in [1.807, 2.05) is 38.1 Å². The van der Waals surface area contributed by atoms with E-state index in [0.29, 0.717) is 35.4 Å². The van der Waals surface area contributed by atoms with Crippen LogP contribution < -0.4 is 10.1 Å². The minimum atomic E-state index is -0.441. The van der Waals surface area contributed by atoms with Crippen LogP contribution in [0.2, 0.25) is 0 Å². The quantitative estimate of drug-likeness (QED) is 0.250. The third-order valence-electron chi connectivity index (χ3n) is 5.89. The second-order valence-corrected chi connectivity index (χ2v) is 8.60. The number of H-pyrrole nitrogens is 1. The molecule has 188 valence electrons. The van der Waals surface area contributed by atoms with Gasteiger partial charge in [0.05, 0.1) is 23.6 Å². The number of aromatic amines is 1. The number of rotatable bonds is 7. The number of esters is 1. The Labute approximate surface area is 219 Å². The molecule has 0 saturated heterocycles. The summed E-state index contributed by atoms with van der Waals surface area (Å²) >= 11 is 0. The molecule has 0 saturated carbocycles. The van der Waals surface area contributed by atoms with Crippen LogP contribution >= 0.6 is 0 Å². The van der Waals surface area contributed by atoms with Gasteiger partial charge in [-0.3, -0.25) is 0 Å². The first kappa shape index (κ1) is 24.5. The van der Waals surface area contributed by atoms with Crippen molar-refractivity contribution in [2.75, 3.05) is 11.9 Å². The van der Waals surface area contributed by atoms with Gasteiger partial charge >= 0.3 is 5.97 Å². The third kappa shape index (κ3) is 5.01. The number of nitrogens with zero attached hydrogens (tertiary/aromatic N) is 4. The molecule has 3 aromatic heterocycles. The molecule has 0 spiro atoms. The van der Waals surface area contributed by atoms with Gasteiger partial charge in [0, 0.05) is 23.6 Å². The Bertz CT molecular complexity index is 1650. The van der Waals surface area contributed by atoms with E-state index in [0.717, 1.165) is 33.3 Å². The van der Waals surface area contributed by atoms with Crippen LogP contribution in [0.15, 0.2) is 67.0 Å². The number of carbonyl (C=O) groups is 1. The summed E-state index contributed by atoms with van der Waals surface area (Å²) in [6.45, 7) is 6.00. The summed E-state index contributed by atoms with van der Waals surface area (Å²) in [5.74, 6) is 1.02. The predicted molar refractivity (Wildman–Crippen MR) is 144 cm³/mol. The van der Waals surface area contributed by atoms with E-state index in [1.165, 1.54) is 0 Å². The Morgan fingerprint density at radius 1 is 1.03 bits per heavy atom. The average molecular weight is 505 g/mol. The molecule has 2 aromatic carbocycles. The Morgan fingerprint density at radius 3 is 2.45 bits per heavy atom. The molecule has 5 rings (SSSR count). The largest absolute Gasteiger partial charge is 0.461 e. The number of anilines is 2. The minimum Gasteiger partial charge on any atom is -0.461 e. The molecule has 0 unspecified atom stereocenters. The zero-order valence-electron chi connectivity index (χ0n) is 21.1. The van der Waals surface area contributed by atoms with Crippen molar-refractivity contribution in [3.8, 4) is 28.8 Å². The molecule has 9 heteroatoms. The van der Waals surface area contributed by atoms with Gasteiger partial charge in [-0.25, -0.2) is 9.78 Å². The fourth-order valence-electron chi connectivity index (χ4n) is 4.07. The van der Waals surface area contributed by atoms with Gasteiger partial charge in [0.25, 0.3) is 0 Å². The van der Waals surface area contributed by atoms with E-state index in [9.17, 15) is 4.79 Å². The van der Waals surface area contributed by atoms with E-state index in [1.54, 1.807) is 49.6 Å². The van der Waals surface area contributed by atoms with Gasteiger partial charge in [-0.2, -0.15) is 15.2 Å². The van der Waals surface area contributed by atoms with Crippen LogP contribution in [0.3, 0.4) is 0 Å². The molecule has 0 bridgehead atoms. The smallest absolute Gasteiger partial charge is 0.356 e. The summed E-state index contributed by atoms with van der Waals surface area (Å²) in [5.41, 5.74) is 5.88. The van der Waals surface area contributed by atoms with Crippen molar-refractivity contribution in [2.24, 2.45) is 0 Å². The van der Waals surface area contributed by atoms with Gasteiger partial charge in [-0.1, -0.05) is 6.07 Å². The zero-order valence-corrected chi connectivity index (χ0v) is 21.1. The number of benzene rings is 2. The van der Waals surface area contributed by atoms with Crippen LogP contribution in [-0.2, 0) is 4.74 Å². The van der Waals surface area contributed by atoms with E-state index in [-0.39, 0.29) is 5.69 Å². The summed E-state index contributed by atoms with van der Waals surface area (Å²) in [4.78, 5) is 28.5. The fraction of sp³-hybridized carbons (Fsp3) is 0.138. The van der Waals surface area contributed by atoms with E-state index in [4.69, 9.17) is 14.7 Å². The number of aryl methyl sites for hydroxylation is 2. The molecule has 0 amide bonds. The summed E-state index contributed by atoms with van der Waals surface area (Å²) in [6, 6.07) is 18.5. The first-order chi connectivity index (χ1) is 18.4.